The fourth-order valence-electron chi connectivity index (χ4n) is 1.24. The van der Waals surface area contributed by atoms with Gasteiger partial charge in [-0.05, 0) is 12.1 Å². The van der Waals surface area contributed by atoms with Gasteiger partial charge in [-0.15, -0.1) is 5.10 Å². The Bertz CT molecular complexity index is 509. The zero-order chi connectivity index (χ0) is 10.8. The first-order chi connectivity index (χ1) is 7.18. The van der Waals surface area contributed by atoms with Crippen molar-refractivity contribution in [1.29, 1.82) is 0 Å². The van der Waals surface area contributed by atoms with Crippen molar-refractivity contribution in [2.45, 2.75) is 0 Å². The van der Waals surface area contributed by atoms with Crippen molar-refractivity contribution in [2.75, 3.05) is 6.61 Å². The molecule has 0 fully saturated rings. The van der Waals surface area contributed by atoms with Crippen molar-refractivity contribution < 1.29 is 19.0 Å². The maximum absolute atomic E-state index is 13.3. The second kappa shape index (κ2) is 3.56. The van der Waals surface area contributed by atoms with Crippen LogP contribution in [0.25, 0.3) is 10.9 Å². The molecular weight excluding hydrogens is 203 g/mol. The Balaban J connectivity index is 2.39. The van der Waals surface area contributed by atoms with Crippen molar-refractivity contribution in [3.63, 3.8) is 0 Å². The van der Waals surface area contributed by atoms with E-state index in [-0.39, 0.29) is 11.3 Å². The van der Waals surface area contributed by atoms with Crippen LogP contribution in [0.15, 0.2) is 18.2 Å². The third-order valence-corrected chi connectivity index (χ3v) is 1.84. The largest absolute Gasteiger partial charge is 0.479 e. The van der Waals surface area contributed by atoms with E-state index >= 15 is 0 Å². The van der Waals surface area contributed by atoms with E-state index in [0.717, 1.165) is 0 Å². The lowest BCUT2D eigenvalue weighted by molar-refractivity contribution is -0.139. The first kappa shape index (κ1) is 9.45. The number of carboxylic acid groups (broad SMARTS) is 1. The van der Waals surface area contributed by atoms with Gasteiger partial charge in [-0.2, -0.15) is 0 Å². The van der Waals surface area contributed by atoms with E-state index in [1.807, 2.05) is 0 Å². The van der Waals surface area contributed by atoms with Crippen molar-refractivity contribution in [1.82, 2.24) is 10.2 Å². The summed E-state index contributed by atoms with van der Waals surface area (Å²) in [6.45, 7) is -0.547. The molecule has 0 aliphatic heterocycles. The summed E-state index contributed by atoms with van der Waals surface area (Å²) in [5.41, 5.74) is 0.468. The minimum atomic E-state index is -1.14. The summed E-state index contributed by atoms with van der Waals surface area (Å²) in [6.07, 6.45) is 0. The lowest BCUT2D eigenvalue weighted by Gasteiger charge is -1.98. The predicted octanol–water partition coefficient (Wildman–Crippen LogP) is 1.17. The minimum absolute atomic E-state index is 0.0366. The first-order valence-electron chi connectivity index (χ1n) is 4.15. The van der Waals surface area contributed by atoms with Gasteiger partial charge in [0.15, 0.2) is 6.61 Å². The molecule has 0 aliphatic carbocycles. The molecular formula is C9H7FN2O3. The zero-order valence-electron chi connectivity index (χ0n) is 7.53. The molecule has 0 aliphatic rings. The lowest BCUT2D eigenvalue weighted by Crippen LogP contribution is -2.09. The van der Waals surface area contributed by atoms with Crippen LogP contribution in [0, 0.1) is 5.82 Å². The smallest absolute Gasteiger partial charge is 0.341 e. The number of H-pyrrole nitrogens is 1. The molecule has 15 heavy (non-hydrogen) atoms. The minimum Gasteiger partial charge on any atom is -0.479 e. The summed E-state index contributed by atoms with van der Waals surface area (Å²) in [5, 5.41) is 14.8. The average molecular weight is 210 g/mol. The van der Waals surface area contributed by atoms with Crippen molar-refractivity contribution in [3.8, 4) is 5.88 Å². The maximum Gasteiger partial charge on any atom is 0.341 e. The van der Waals surface area contributed by atoms with Gasteiger partial charge < -0.3 is 9.84 Å². The van der Waals surface area contributed by atoms with Crippen molar-refractivity contribution >= 4 is 16.9 Å². The number of nitrogens with zero attached hydrogens (tertiary/aromatic N) is 1. The summed E-state index contributed by atoms with van der Waals surface area (Å²) < 4.78 is 18.1. The number of hydrogen-bond donors (Lipinski definition) is 2. The molecule has 5 nitrogen and oxygen atoms in total. The molecule has 0 unspecified atom stereocenters. The van der Waals surface area contributed by atoms with Gasteiger partial charge in [-0.25, -0.2) is 9.18 Å². The van der Waals surface area contributed by atoms with Gasteiger partial charge in [0.05, 0.1) is 10.9 Å². The Morgan fingerprint density at radius 2 is 2.40 bits per heavy atom. The Kier molecular flexibility index (Phi) is 2.24. The van der Waals surface area contributed by atoms with Gasteiger partial charge in [-0.3, -0.25) is 5.10 Å². The SMILES string of the molecule is O=C(O)COc1n[nH]c2cccc(F)c12. The van der Waals surface area contributed by atoms with Crippen LogP contribution >= 0.6 is 0 Å². The molecule has 6 heteroatoms. The highest BCUT2D eigenvalue weighted by molar-refractivity contribution is 5.84. The average Bonchev–Trinajstić information content (AvgIpc) is 2.59. The molecule has 1 aromatic carbocycles. The number of fused-ring (bicyclic) bond motifs is 1. The van der Waals surface area contributed by atoms with Gasteiger partial charge in [0.1, 0.15) is 5.82 Å². The van der Waals surface area contributed by atoms with Crippen LogP contribution in [-0.2, 0) is 4.79 Å². The number of nitrogens with one attached hydrogen (secondary N) is 1. The second-order valence-electron chi connectivity index (χ2n) is 2.87. The molecule has 1 aromatic heterocycles. The van der Waals surface area contributed by atoms with Gasteiger partial charge in [0.2, 0.25) is 5.88 Å². The maximum atomic E-state index is 13.3. The number of carboxylic acids is 1. The van der Waals surface area contributed by atoms with E-state index in [9.17, 15) is 9.18 Å². The van der Waals surface area contributed by atoms with Crippen molar-refractivity contribution in [2.24, 2.45) is 0 Å². The number of hydrogen-bond acceptors (Lipinski definition) is 3. The zero-order valence-corrected chi connectivity index (χ0v) is 7.53. The lowest BCUT2D eigenvalue weighted by atomic mass is 10.2. The van der Waals surface area contributed by atoms with Gasteiger partial charge in [0.25, 0.3) is 0 Å². The van der Waals surface area contributed by atoms with E-state index in [1.54, 1.807) is 6.07 Å². The molecule has 0 atom stereocenters. The number of aliphatic carboxylic acids is 1. The monoisotopic (exact) mass is 210 g/mol. The highest BCUT2D eigenvalue weighted by Gasteiger charge is 2.12. The number of aromatic nitrogens is 2. The first-order valence-corrected chi connectivity index (χ1v) is 4.15. The van der Waals surface area contributed by atoms with Gasteiger partial charge in [-0.1, -0.05) is 6.07 Å². The van der Waals surface area contributed by atoms with Crippen molar-refractivity contribution in [3.05, 3.63) is 24.0 Å². The van der Waals surface area contributed by atoms with E-state index in [2.05, 4.69) is 10.2 Å². The Hall–Kier alpha value is -2.11. The predicted molar refractivity (Wildman–Crippen MR) is 49.2 cm³/mol. The highest BCUT2D eigenvalue weighted by atomic mass is 19.1. The third kappa shape index (κ3) is 1.74. The van der Waals surface area contributed by atoms with Crippen LogP contribution in [0.1, 0.15) is 0 Å². The molecule has 2 N–H and O–H groups in total. The standard InChI is InChI=1S/C9H7FN2O3/c10-5-2-1-3-6-8(5)9(12-11-6)15-4-7(13)14/h1-3H,4H2,(H,11,12)(H,13,14). The fraction of sp³-hybridized carbons (Fsp3) is 0.111. The summed E-state index contributed by atoms with van der Waals surface area (Å²) in [4.78, 5) is 10.3. The molecule has 1 heterocycles. The van der Waals surface area contributed by atoms with Crippen LogP contribution in [0.3, 0.4) is 0 Å². The Morgan fingerprint density at radius 1 is 1.60 bits per heavy atom. The topological polar surface area (TPSA) is 75.2 Å². The van der Waals surface area contributed by atoms with E-state index in [0.29, 0.717) is 5.52 Å². The van der Waals surface area contributed by atoms with E-state index in [1.165, 1.54) is 12.1 Å². The third-order valence-electron chi connectivity index (χ3n) is 1.84. The number of benzene rings is 1. The number of aromatic amines is 1. The van der Waals surface area contributed by atoms with Crippen LogP contribution in [0.2, 0.25) is 0 Å². The van der Waals surface area contributed by atoms with Crippen LogP contribution in [0.4, 0.5) is 4.39 Å². The van der Waals surface area contributed by atoms with Gasteiger partial charge >= 0.3 is 5.97 Å². The Morgan fingerprint density at radius 3 is 3.13 bits per heavy atom. The molecule has 0 bridgehead atoms. The Labute approximate surface area is 83.5 Å². The molecule has 0 saturated heterocycles. The number of carbonyl (C=O) groups is 1. The summed E-state index contributed by atoms with van der Waals surface area (Å²) in [7, 11) is 0. The van der Waals surface area contributed by atoms with Crippen LogP contribution in [-0.4, -0.2) is 27.9 Å². The van der Waals surface area contributed by atoms with Gasteiger partial charge in [0, 0.05) is 0 Å². The van der Waals surface area contributed by atoms with E-state index < -0.39 is 18.4 Å². The number of ether oxygens (including phenoxy) is 1. The molecule has 78 valence electrons. The molecule has 0 spiro atoms. The second-order valence-corrected chi connectivity index (χ2v) is 2.87. The van der Waals surface area contributed by atoms with Crippen LogP contribution in [0.5, 0.6) is 5.88 Å². The molecule has 2 rings (SSSR count). The molecule has 0 radical (unpaired) electrons. The normalized spacial score (nSPS) is 10.5. The summed E-state index contributed by atoms with van der Waals surface area (Å²) >= 11 is 0. The highest BCUT2D eigenvalue weighted by Crippen LogP contribution is 2.24. The quantitative estimate of drug-likeness (QED) is 0.797. The summed E-state index contributed by atoms with van der Waals surface area (Å²) in [6, 6.07) is 4.40. The molecule has 0 saturated carbocycles. The number of rotatable bonds is 3. The number of halogens is 1. The van der Waals surface area contributed by atoms with Crippen LogP contribution < -0.4 is 4.74 Å². The molecule has 2 aromatic rings. The van der Waals surface area contributed by atoms with E-state index in [4.69, 9.17) is 9.84 Å². The summed E-state index contributed by atoms with van der Waals surface area (Å²) in [5.74, 6) is -1.67. The molecule has 0 amide bonds. The fourth-order valence-corrected chi connectivity index (χ4v) is 1.24.